The summed E-state index contributed by atoms with van der Waals surface area (Å²) in [5.41, 5.74) is 5.61. The van der Waals surface area contributed by atoms with E-state index >= 15 is 0 Å². The summed E-state index contributed by atoms with van der Waals surface area (Å²) in [4.78, 5) is 36.6. The molecule has 0 aliphatic carbocycles. The lowest BCUT2D eigenvalue weighted by atomic mass is 10.0. The van der Waals surface area contributed by atoms with E-state index < -0.39 is 0 Å². The number of fused-ring (bicyclic) bond motifs is 1. The molecule has 6 rings (SSSR count). The number of rotatable bonds is 5. The molecule has 2 amide bonds. The molecule has 1 unspecified atom stereocenters. The van der Waals surface area contributed by atoms with E-state index in [1.54, 1.807) is 23.0 Å². The van der Waals surface area contributed by atoms with Gasteiger partial charge in [-0.25, -0.2) is 9.37 Å². The summed E-state index contributed by atoms with van der Waals surface area (Å²) >= 11 is 1.43. The number of amides is 2. The van der Waals surface area contributed by atoms with Gasteiger partial charge in [0.05, 0.1) is 5.51 Å². The molecule has 0 bridgehead atoms. The van der Waals surface area contributed by atoms with Crippen LogP contribution >= 0.6 is 11.3 Å². The molecule has 2 aliphatic heterocycles. The molecule has 2 aromatic carbocycles. The van der Waals surface area contributed by atoms with Crippen molar-refractivity contribution in [3.63, 3.8) is 0 Å². The summed E-state index contributed by atoms with van der Waals surface area (Å²) in [5, 5.41) is 6.38. The maximum atomic E-state index is 13.3. The van der Waals surface area contributed by atoms with Crippen LogP contribution in [0.25, 0.3) is 22.0 Å². The lowest BCUT2D eigenvalue weighted by molar-refractivity contribution is 0.0553. The zero-order chi connectivity index (χ0) is 23.9. The number of thiazole rings is 1. The van der Waals surface area contributed by atoms with Crippen LogP contribution in [0.2, 0.25) is 0 Å². The van der Waals surface area contributed by atoms with Gasteiger partial charge in [0.2, 0.25) is 0 Å². The van der Waals surface area contributed by atoms with E-state index in [1.165, 1.54) is 23.5 Å². The average Bonchev–Trinajstić information content (AvgIpc) is 3.61. The van der Waals surface area contributed by atoms with E-state index in [9.17, 15) is 14.0 Å². The molecule has 2 fully saturated rings. The number of nitrogens with one attached hydrogen (secondary N) is 2. The predicted molar refractivity (Wildman–Crippen MR) is 133 cm³/mol. The van der Waals surface area contributed by atoms with E-state index in [2.05, 4.69) is 15.3 Å². The molecule has 9 heteroatoms. The van der Waals surface area contributed by atoms with Gasteiger partial charge in [0.25, 0.3) is 11.8 Å². The Bertz CT molecular complexity index is 1380. The maximum absolute atomic E-state index is 13.3. The van der Waals surface area contributed by atoms with Crippen molar-refractivity contribution in [2.75, 3.05) is 26.2 Å². The van der Waals surface area contributed by atoms with Crippen LogP contribution in [-0.4, -0.2) is 69.8 Å². The van der Waals surface area contributed by atoms with Gasteiger partial charge >= 0.3 is 0 Å². The quantitative estimate of drug-likeness (QED) is 0.447. The second-order valence-corrected chi connectivity index (χ2v) is 9.87. The van der Waals surface area contributed by atoms with Gasteiger partial charge in [-0.2, -0.15) is 0 Å². The fourth-order valence-corrected chi connectivity index (χ4v) is 5.48. The van der Waals surface area contributed by atoms with Gasteiger partial charge in [-0.05, 0) is 36.2 Å². The zero-order valence-corrected chi connectivity index (χ0v) is 19.7. The molecule has 2 aliphatic rings. The van der Waals surface area contributed by atoms with Crippen molar-refractivity contribution in [2.45, 2.75) is 18.5 Å². The number of halogens is 1. The maximum Gasteiger partial charge on any atom is 0.273 e. The Morgan fingerprint density at radius 1 is 1.03 bits per heavy atom. The molecule has 2 saturated heterocycles. The van der Waals surface area contributed by atoms with Crippen LogP contribution in [0.1, 0.15) is 27.3 Å². The number of hydrogen-bond donors (Lipinski definition) is 2. The van der Waals surface area contributed by atoms with Crippen molar-refractivity contribution in [1.82, 2.24) is 25.1 Å². The first kappa shape index (κ1) is 21.9. The molecule has 0 saturated carbocycles. The Morgan fingerprint density at radius 3 is 2.60 bits per heavy atom. The van der Waals surface area contributed by atoms with Gasteiger partial charge in [-0.3, -0.25) is 9.59 Å². The highest BCUT2D eigenvalue weighted by molar-refractivity contribution is 7.07. The van der Waals surface area contributed by atoms with Crippen LogP contribution in [0.4, 0.5) is 4.39 Å². The van der Waals surface area contributed by atoms with Gasteiger partial charge in [0.15, 0.2) is 0 Å². The molecule has 4 heterocycles. The van der Waals surface area contributed by atoms with Crippen LogP contribution in [0, 0.1) is 5.82 Å². The topological polar surface area (TPSA) is 81.3 Å². The van der Waals surface area contributed by atoms with Gasteiger partial charge in [0, 0.05) is 71.9 Å². The normalized spacial score (nSPS) is 18.3. The van der Waals surface area contributed by atoms with E-state index in [4.69, 9.17) is 0 Å². The average molecular weight is 490 g/mol. The molecule has 2 aromatic heterocycles. The standard InChI is InChI=1S/C26H24FN5O2S/c27-18-4-1-16(2-5-18)22-10-28-23-9-17(3-6-21(22)23)25(33)32-12-20(13-32)30-19-7-8-31(11-19)26(34)24-14-35-15-29-24/h1-6,9-10,14-15,19-20,28,30H,7-8,11-13H2. The van der Waals surface area contributed by atoms with Crippen molar-refractivity contribution < 1.29 is 14.0 Å². The first-order valence-corrected chi connectivity index (χ1v) is 12.6. The van der Waals surface area contributed by atoms with Crippen LogP contribution < -0.4 is 5.32 Å². The van der Waals surface area contributed by atoms with Crippen LogP contribution in [0.15, 0.2) is 59.6 Å². The fourth-order valence-electron chi connectivity index (χ4n) is 4.95. The summed E-state index contributed by atoms with van der Waals surface area (Å²) in [6.07, 6.45) is 2.79. The second-order valence-electron chi connectivity index (χ2n) is 9.15. The number of aromatic nitrogens is 2. The molecule has 35 heavy (non-hydrogen) atoms. The number of H-pyrrole nitrogens is 1. The van der Waals surface area contributed by atoms with E-state index in [-0.39, 0.29) is 29.7 Å². The number of nitrogens with zero attached hydrogens (tertiary/aromatic N) is 3. The summed E-state index contributed by atoms with van der Waals surface area (Å²) in [6, 6.07) is 12.5. The molecular formula is C26H24FN5O2S. The summed E-state index contributed by atoms with van der Waals surface area (Å²) < 4.78 is 13.3. The first-order chi connectivity index (χ1) is 17.0. The zero-order valence-electron chi connectivity index (χ0n) is 18.9. The fraction of sp³-hybridized carbons (Fsp3) is 0.269. The van der Waals surface area contributed by atoms with Crippen molar-refractivity contribution >= 4 is 34.1 Å². The highest BCUT2D eigenvalue weighted by Gasteiger charge is 2.35. The molecule has 0 radical (unpaired) electrons. The van der Waals surface area contributed by atoms with Crippen LogP contribution in [-0.2, 0) is 0 Å². The molecule has 7 nitrogen and oxygen atoms in total. The van der Waals surface area contributed by atoms with E-state index in [0.29, 0.717) is 30.9 Å². The third-order valence-corrected chi connectivity index (χ3v) is 7.44. The van der Waals surface area contributed by atoms with E-state index in [0.717, 1.165) is 35.0 Å². The van der Waals surface area contributed by atoms with E-state index in [1.807, 2.05) is 34.2 Å². The predicted octanol–water partition coefficient (Wildman–Crippen LogP) is 3.76. The van der Waals surface area contributed by atoms with Gasteiger partial charge in [-0.15, -0.1) is 11.3 Å². The number of carbonyl (C=O) groups excluding carboxylic acids is 2. The Balaban J connectivity index is 1.05. The molecule has 178 valence electrons. The Morgan fingerprint density at radius 2 is 1.83 bits per heavy atom. The number of benzene rings is 2. The number of aromatic amines is 1. The monoisotopic (exact) mass is 489 g/mol. The van der Waals surface area contributed by atoms with Crippen molar-refractivity contribution in [2.24, 2.45) is 0 Å². The van der Waals surface area contributed by atoms with Crippen LogP contribution in [0.3, 0.4) is 0 Å². The SMILES string of the molecule is O=C(c1ccc2c(-c3ccc(F)cc3)c[nH]c2c1)N1CC(NC2CCN(C(=O)c3cscn3)C2)C1. The summed E-state index contributed by atoms with van der Waals surface area (Å²) in [5.74, 6) is -0.268. The number of carbonyl (C=O) groups is 2. The lowest BCUT2D eigenvalue weighted by Crippen LogP contribution is -2.62. The summed E-state index contributed by atoms with van der Waals surface area (Å²) in [6.45, 7) is 2.69. The van der Waals surface area contributed by atoms with Gasteiger partial charge in [0.1, 0.15) is 11.5 Å². The smallest absolute Gasteiger partial charge is 0.273 e. The molecule has 0 spiro atoms. The third-order valence-electron chi connectivity index (χ3n) is 6.85. The number of likely N-dealkylation sites (tertiary alicyclic amines) is 2. The molecule has 1 atom stereocenters. The van der Waals surface area contributed by atoms with Crippen molar-refractivity contribution in [3.05, 3.63) is 76.6 Å². The summed E-state index contributed by atoms with van der Waals surface area (Å²) in [7, 11) is 0. The third kappa shape index (κ3) is 4.21. The molecule has 4 aromatic rings. The minimum atomic E-state index is -0.266. The minimum Gasteiger partial charge on any atom is -0.361 e. The van der Waals surface area contributed by atoms with Gasteiger partial charge in [-0.1, -0.05) is 18.2 Å². The molecule has 2 N–H and O–H groups in total. The first-order valence-electron chi connectivity index (χ1n) is 11.6. The lowest BCUT2D eigenvalue weighted by Gasteiger charge is -2.41. The Kier molecular flexibility index (Phi) is 5.58. The largest absolute Gasteiger partial charge is 0.361 e. The Hall–Kier alpha value is -3.56. The molecular weight excluding hydrogens is 465 g/mol. The highest BCUT2D eigenvalue weighted by atomic mass is 32.1. The van der Waals surface area contributed by atoms with Crippen molar-refractivity contribution in [1.29, 1.82) is 0 Å². The van der Waals surface area contributed by atoms with Crippen molar-refractivity contribution in [3.8, 4) is 11.1 Å². The van der Waals surface area contributed by atoms with Gasteiger partial charge < -0.3 is 20.1 Å². The Labute approximate surface area is 205 Å². The highest BCUT2D eigenvalue weighted by Crippen LogP contribution is 2.30. The minimum absolute atomic E-state index is 0.00893. The second kappa shape index (κ2) is 8.90. The van der Waals surface area contributed by atoms with Crippen LogP contribution in [0.5, 0.6) is 0 Å². The number of hydrogen-bond acceptors (Lipinski definition) is 5.